The van der Waals surface area contributed by atoms with E-state index in [9.17, 15) is 14.0 Å². The molecule has 0 unspecified atom stereocenters. The molecule has 0 aliphatic rings. The van der Waals surface area contributed by atoms with Crippen molar-refractivity contribution in [1.29, 1.82) is 0 Å². The standard InChI is InChI=1S/C12H14FNO3/c1-8-7-9(13)3-4-10(8)12(16)14-6-5-11(15)17-2/h3-4,7H,5-6H2,1-2H3,(H,14,16). The molecule has 92 valence electrons. The fourth-order valence-electron chi connectivity index (χ4n) is 1.36. The molecule has 0 fully saturated rings. The first-order chi connectivity index (χ1) is 8.04. The maximum atomic E-state index is 12.8. The van der Waals surface area contributed by atoms with E-state index in [1.165, 1.54) is 25.3 Å². The summed E-state index contributed by atoms with van der Waals surface area (Å²) >= 11 is 0. The third-order valence-corrected chi connectivity index (χ3v) is 2.28. The van der Waals surface area contributed by atoms with Crippen LogP contribution in [0.25, 0.3) is 0 Å². The molecule has 0 radical (unpaired) electrons. The fraction of sp³-hybridized carbons (Fsp3) is 0.333. The summed E-state index contributed by atoms with van der Waals surface area (Å²) in [7, 11) is 1.29. The Morgan fingerprint density at radius 3 is 2.71 bits per heavy atom. The van der Waals surface area contributed by atoms with Crippen molar-refractivity contribution in [2.24, 2.45) is 0 Å². The molecule has 1 aromatic rings. The number of rotatable bonds is 4. The van der Waals surface area contributed by atoms with Crippen molar-refractivity contribution < 1.29 is 18.7 Å². The fourth-order valence-corrected chi connectivity index (χ4v) is 1.36. The normalized spacial score (nSPS) is 9.82. The first kappa shape index (κ1) is 13.2. The van der Waals surface area contributed by atoms with Gasteiger partial charge in [0.05, 0.1) is 13.5 Å². The molecular weight excluding hydrogens is 225 g/mol. The second-order valence-electron chi connectivity index (χ2n) is 3.54. The summed E-state index contributed by atoms with van der Waals surface area (Å²) in [6.45, 7) is 1.85. The maximum Gasteiger partial charge on any atom is 0.307 e. The molecule has 0 saturated heterocycles. The first-order valence-corrected chi connectivity index (χ1v) is 5.15. The van der Waals surface area contributed by atoms with Gasteiger partial charge in [0, 0.05) is 12.1 Å². The van der Waals surface area contributed by atoms with Gasteiger partial charge in [0.1, 0.15) is 5.82 Å². The highest BCUT2D eigenvalue weighted by molar-refractivity contribution is 5.95. The average molecular weight is 239 g/mol. The lowest BCUT2D eigenvalue weighted by Crippen LogP contribution is -2.27. The van der Waals surface area contributed by atoms with E-state index in [-0.39, 0.29) is 30.7 Å². The molecule has 1 aromatic carbocycles. The number of carbonyl (C=O) groups is 2. The molecule has 0 aromatic heterocycles. The van der Waals surface area contributed by atoms with E-state index in [2.05, 4.69) is 10.1 Å². The van der Waals surface area contributed by atoms with Gasteiger partial charge in [-0.05, 0) is 30.7 Å². The van der Waals surface area contributed by atoms with Gasteiger partial charge in [0.15, 0.2) is 0 Å². The van der Waals surface area contributed by atoms with Crippen molar-refractivity contribution in [3.63, 3.8) is 0 Å². The molecule has 0 aliphatic carbocycles. The van der Waals surface area contributed by atoms with Crippen LogP contribution in [-0.2, 0) is 9.53 Å². The predicted octanol–water partition coefficient (Wildman–Crippen LogP) is 1.43. The van der Waals surface area contributed by atoms with E-state index in [1.54, 1.807) is 6.92 Å². The molecule has 1 rings (SSSR count). The van der Waals surface area contributed by atoms with Gasteiger partial charge in [0.2, 0.25) is 0 Å². The number of hydrogen-bond acceptors (Lipinski definition) is 3. The van der Waals surface area contributed by atoms with Crippen molar-refractivity contribution in [3.8, 4) is 0 Å². The van der Waals surface area contributed by atoms with Crippen LogP contribution in [0.15, 0.2) is 18.2 Å². The molecule has 0 heterocycles. The van der Waals surface area contributed by atoms with Crippen molar-refractivity contribution in [3.05, 3.63) is 35.1 Å². The summed E-state index contributed by atoms with van der Waals surface area (Å²) in [5.41, 5.74) is 0.955. The summed E-state index contributed by atoms with van der Waals surface area (Å²) in [5.74, 6) is -1.10. The Morgan fingerprint density at radius 1 is 1.41 bits per heavy atom. The molecule has 0 bridgehead atoms. The lowest BCUT2D eigenvalue weighted by atomic mass is 10.1. The summed E-state index contributed by atoms with van der Waals surface area (Å²) in [6.07, 6.45) is 0.114. The number of esters is 1. The van der Waals surface area contributed by atoms with Crippen LogP contribution in [0.1, 0.15) is 22.3 Å². The third kappa shape index (κ3) is 3.86. The topological polar surface area (TPSA) is 55.4 Å². The monoisotopic (exact) mass is 239 g/mol. The van der Waals surface area contributed by atoms with Crippen LogP contribution in [0, 0.1) is 12.7 Å². The van der Waals surface area contributed by atoms with E-state index in [0.717, 1.165) is 0 Å². The van der Waals surface area contributed by atoms with Crippen molar-refractivity contribution >= 4 is 11.9 Å². The van der Waals surface area contributed by atoms with Crippen LogP contribution in [0.5, 0.6) is 0 Å². The van der Waals surface area contributed by atoms with Gasteiger partial charge < -0.3 is 10.1 Å². The quantitative estimate of drug-likeness (QED) is 0.808. The van der Waals surface area contributed by atoms with Crippen LogP contribution in [0.3, 0.4) is 0 Å². The largest absolute Gasteiger partial charge is 0.469 e. The molecule has 0 atom stereocenters. The van der Waals surface area contributed by atoms with E-state index >= 15 is 0 Å². The Hall–Kier alpha value is -1.91. The lowest BCUT2D eigenvalue weighted by molar-refractivity contribution is -0.140. The number of nitrogens with one attached hydrogen (secondary N) is 1. The second kappa shape index (κ2) is 5.98. The lowest BCUT2D eigenvalue weighted by Gasteiger charge is -2.07. The Morgan fingerprint density at radius 2 is 2.12 bits per heavy atom. The number of aryl methyl sites for hydroxylation is 1. The summed E-state index contributed by atoms with van der Waals surface area (Å²) in [6, 6.07) is 3.93. The highest BCUT2D eigenvalue weighted by Gasteiger charge is 2.09. The first-order valence-electron chi connectivity index (χ1n) is 5.15. The van der Waals surface area contributed by atoms with Crippen molar-refractivity contribution in [1.82, 2.24) is 5.32 Å². The molecule has 1 amide bonds. The minimum atomic E-state index is -0.388. The number of hydrogen-bond donors (Lipinski definition) is 1. The zero-order valence-electron chi connectivity index (χ0n) is 9.75. The number of carbonyl (C=O) groups excluding carboxylic acids is 2. The maximum absolute atomic E-state index is 12.8. The zero-order valence-corrected chi connectivity index (χ0v) is 9.75. The Labute approximate surface area is 98.8 Å². The Bertz CT molecular complexity index is 432. The van der Waals surface area contributed by atoms with E-state index in [0.29, 0.717) is 11.1 Å². The van der Waals surface area contributed by atoms with Gasteiger partial charge in [-0.3, -0.25) is 9.59 Å². The van der Waals surface area contributed by atoms with Gasteiger partial charge >= 0.3 is 5.97 Å². The minimum Gasteiger partial charge on any atom is -0.469 e. The highest BCUT2D eigenvalue weighted by atomic mass is 19.1. The van der Waals surface area contributed by atoms with Gasteiger partial charge in [0.25, 0.3) is 5.91 Å². The predicted molar refractivity (Wildman–Crippen MR) is 60.1 cm³/mol. The van der Waals surface area contributed by atoms with Gasteiger partial charge in [-0.2, -0.15) is 0 Å². The van der Waals surface area contributed by atoms with Crippen LogP contribution in [0.4, 0.5) is 4.39 Å². The smallest absolute Gasteiger partial charge is 0.307 e. The molecule has 5 heteroatoms. The van der Waals surface area contributed by atoms with Gasteiger partial charge in [-0.1, -0.05) is 0 Å². The van der Waals surface area contributed by atoms with Crippen LogP contribution < -0.4 is 5.32 Å². The Kier molecular flexibility index (Phi) is 4.63. The Balaban J connectivity index is 2.55. The summed E-state index contributed by atoms with van der Waals surface area (Å²) < 4.78 is 17.3. The molecular formula is C12H14FNO3. The molecule has 17 heavy (non-hydrogen) atoms. The zero-order chi connectivity index (χ0) is 12.8. The third-order valence-electron chi connectivity index (χ3n) is 2.28. The molecule has 0 saturated carbocycles. The number of amides is 1. The summed E-state index contributed by atoms with van der Waals surface area (Å²) in [5, 5.41) is 2.56. The van der Waals surface area contributed by atoms with Crippen LogP contribution in [-0.4, -0.2) is 25.5 Å². The highest BCUT2D eigenvalue weighted by Crippen LogP contribution is 2.09. The van der Waals surface area contributed by atoms with E-state index in [4.69, 9.17) is 0 Å². The second-order valence-corrected chi connectivity index (χ2v) is 3.54. The van der Waals surface area contributed by atoms with Crippen LogP contribution in [0.2, 0.25) is 0 Å². The molecule has 1 N–H and O–H groups in total. The number of benzene rings is 1. The molecule has 0 spiro atoms. The van der Waals surface area contributed by atoms with E-state index < -0.39 is 0 Å². The van der Waals surface area contributed by atoms with Crippen LogP contribution >= 0.6 is 0 Å². The molecule has 4 nitrogen and oxygen atoms in total. The SMILES string of the molecule is COC(=O)CCNC(=O)c1ccc(F)cc1C. The minimum absolute atomic E-state index is 0.114. The van der Waals surface area contributed by atoms with Gasteiger partial charge in [-0.25, -0.2) is 4.39 Å². The van der Waals surface area contributed by atoms with E-state index in [1.807, 2.05) is 0 Å². The number of ether oxygens (including phenoxy) is 1. The number of methoxy groups -OCH3 is 1. The number of halogens is 1. The average Bonchev–Trinajstić information content (AvgIpc) is 2.28. The molecule has 0 aliphatic heterocycles. The van der Waals surface area contributed by atoms with Crippen molar-refractivity contribution in [2.45, 2.75) is 13.3 Å². The van der Waals surface area contributed by atoms with Crippen molar-refractivity contribution in [2.75, 3.05) is 13.7 Å². The van der Waals surface area contributed by atoms with Gasteiger partial charge in [-0.15, -0.1) is 0 Å². The summed E-state index contributed by atoms with van der Waals surface area (Å²) in [4.78, 5) is 22.5.